The Balaban J connectivity index is 2.56. The molecule has 0 atom stereocenters. The smallest absolute Gasteiger partial charge is 0.340 e. The Hall–Kier alpha value is -2.35. The van der Waals surface area contributed by atoms with E-state index in [4.69, 9.17) is 9.52 Å². The zero-order valence-corrected chi connectivity index (χ0v) is 12.0. The number of hydrogen-bond acceptors (Lipinski definition) is 4. The van der Waals surface area contributed by atoms with Gasteiger partial charge in [-0.1, -0.05) is 12.1 Å². The van der Waals surface area contributed by atoms with Crippen molar-refractivity contribution in [1.29, 1.82) is 0 Å². The molecule has 1 heterocycles. The van der Waals surface area contributed by atoms with Crippen LogP contribution >= 0.6 is 0 Å². The van der Waals surface area contributed by atoms with Crippen LogP contribution in [0.2, 0.25) is 0 Å². The molecule has 0 saturated heterocycles. The van der Waals surface area contributed by atoms with E-state index in [1.807, 2.05) is 4.72 Å². The standard InChI is InChI=1S/C13H12FNO5S/c1-7-11(13(16)17)12(8(2)20-7)21(18,19)15-10-6-4-3-5-9(10)14/h3-6,15H,1-2H3,(H,16,17). The van der Waals surface area contributed by atoms with Crippen molar-refractivity contribution in [2.75, 3.05) is 4.72 Å². The number of rotatable bonds is 4. The Morgan fingerprint density at radius 3 is 2.43 bits per heavy atom. The predicted molar refractivity (Wildman–Crippen MR) is 72.3 cm³/mol. The highest BCUT2D eigenvalue weighted by Gasteiger charge is 2.31. The monoisotopic (exact) mass is 313 g/mol. The van der Waals surface area contributed by atoms with Crippen LogP contribution in [0.1, 0.15) is 21.9 Å². The Bertz CT molecular complexity index is 810. The summed E-state index contributed by atoms with van der Waals surface area (Å²) >= 11 is 0. The molecule has 112 valence electrons. The third-order valence-electron chi connectivity index (χ3n) is 2.81. The predicted octanol–water partition coefficient (Wildman–Crippen LogP) is 2.53. The minimum atomic E-state index is -4.29. The molecule has 0 spiro atoms. The van der Waals surface area contributed by atoms with E-state index in [1.165, 1.54) is 32.0 Å². The van der Waals surface area contributed by atoms with E-state index in [0.717, 1.165) is 6.07 Å². The van der Waals surface area contributed by atoms with Crippen LogP contribution in [0, 0.1) is 19.7 Å². The van der Waals surface area contributed by atoms with Crippen LogP contribution in [0.5, 0.6) is 0 Å². The van der Waals surface area contributed by atoms with Gasteiger partial charge in [0.15, 0.2) is 0 Å². The molecule has 6 nitrogen and oxygen atoms in total. The Morgan fingerprint density at radius 1 is 1.24 bits per heavy atom. The van der Waals surface area contributed by atoms with Crippen LogP contribution in [-0.2, 0) is 10.0 Å². The maximum atomic E-state index is 13.5. The van der Waals surface area contributed by atoms with Crippen LogP contribution in [0.4, 0.5) is 10.1 Å². The number of carbonyl (C=O) groups is 1. The number of nitrogens with one attached hydrogen (secondary N) is 1. The van der Waals surface area contributed by atoms with Crippen LogP contribution in [0.25, 0.3) is 0 Å². The Morgan fingerprint density at radius 2 is 1.86 bits per heavy atom. The van der Waals surface area contributed by atoms with Gasteiger partial charge < -0.3 is 9.52 Å². The highest BCUT2D eigenvalue weighted by molar-refractivity contribution is 7.92. The summed E-state index contributed by atoms with van der Waals surface area (Å²) in [6.45, 7) is 2.67. The van der Waals surface area contributed by atoms with Gasteiger partial charge in [-0.2, -0.15) is 0 Å². The number of para-hydroxylation sites is 1. The molecule has 0 fully saturated rings. The zero-order chi connectivity index (χ0) is 15.8. The van der Waals surface area contributed by atoms with Gasteiger partial charge in [-0.25, -0.2) is 17.6 Å². The van der Waals surface area contributed by atoms with Crippen LogP contribution in [0.3, 0.4) is 0 Å². The van der Waals surface area contributed by atoms with Gasteiger partial charge in [0.05, 0.1) is 5.69 Å². The van der Waals surface area contributed by atoms with E-state index < -0.39 is 32.3 Å². The molecule has 1 aromatic carbocycles. The SMILES string of the molecule is Cc1oc(C)c(S(=O)(=O)Nc2ccccc2F)c1C(=O)O. The van der Waals surface area contributed by atoms with Crippen molar-refractivity contribution in [1.82, 2.24) is 0 Å². The van der Waals surface area contributed by atoms with E-state index >= 15 is 0 Å². The second kappa shape index (κ2) is 5.21. The van der Waals surface area contributed by atoms with E-state index in [9.17, 15) is 17.6 Å². The lowest BCUT2D eigenvalue weighted by atomic mass is 10.2. The number of aryl methyl sites for hydroxylation is 2. The molecule has 0 bridgehead atoms. The molecule has 0 amide bonds. The summed E-state index contributed by atoms with van der Waals surface area (Å²) in [5.74, 6) is -2.31. The highest BCUT2D eigenvalue weighted by Crippen LogP contribution is 2.28. The van der Waals surface area contributed by atoms with Crippen LogP contribution < -0.4 is 4.72 Å². The molecule has 0 unspecified atom stereocenters. The Kier molecular flexibility index (Phi) is 3.73. The number of furan rings is 1. The van der Waals surface area contributed by atoms with E-state index in [-0.39, 0.29) is 17.2 Å². The molecular formula is C13H12FNO5S. The van der Waals surface area contributed by atoms with Crippen molar-refractivity contribution < 1.29 is 27.1 Å². The van der Waals surface area contributed by atoms with Gasteiger partial charge >= 0.3 is 5.97 Å². The number of carboxylic acids is 1. The average molecular weight is 313 g/mol. The van der Waals surface area contributed by atoms with Gasteiger partial charge in [0.2, 0.25) is 0 Å². The molecule has 0 aliphatic carbocycles. The summed E-state index contributed by atoms with van der Waals surface area (Å²) in [5.41, 5.74) is -0.733. The first-order valence-corrected chi connectivity index (χ1v) is 7.33. The van der Waals surface area contributed by atoms with E-state index in [0.29, 0.717) is 0 Å². The summed E-state index contributed by atoms with van der Waals surface area (Å²) in [6, 6.07) is 5.18. The van der Waals surface area contributed by atoms with Crippen molar-refractivity contribution in [2.45, 2.75) is 18.7 Å². The van der Waals surface area contributed by atoms with Crippen molar-refractivity contribution in [3.63, 3.8) is 0 Å². The minimum Gasteiger partial charge on any atom is -0.478 e. The van der Waals surface area contributed by atoms with E-state index in [1.54, 1.807) is 0 Å². The number of halogens is 1. The van der Waals surface area contributed by atoms with Crippen molar-refractivity contribution in [3.8, 4) is 0 Å². The van der Waals surface area contributed by atoms with Gasteiger partial charge in [-0.3, -0.25) is 4.72 Å². The first-order valence-electron chi connectivity index (χ1n) is 5.84. The van der Waals surface area contributed by atoms with Crippen LogP contribution in [-0.4, -0.2) is 19.5 Å². The maximum absolute atomic E-state index is 13.5. The fraction of sp³-hybridized carbons (Fsp3) is 0.154. The first kappa shape index (κ1) is 15.0. The zero-order valence-electron chi connectivity index (χ0n) is 11.2. The summed E-state index contributed by atoms with van der Waals surface area (Å²) in [5, 5.41) is 9.12. The van der Waals surface area contributed by atoms with Gasteiger partial charge in [0.1, 0.15) is 27.8 Å². The molecule has 21 heavy (non-hydrogen) atoms. The molecule has 8 heteroatoms. The fourth-order valence-corrected chi connectivity index (χ4v) is 3.45. The van der Waals surface area contributed by atoms with Gasteiger partial charge in [0, 0.05) is 0 Å². The molecule has 2 rings (SSSR count). The third-order valence-corrected chi connectivity index (χ3v) is 4.32. The Labute approximate surface area is 120 Å². The molecule has 2 N–H and O–H groups in total. The lowest BCUT2D eigenvalue weighted by molar-refractivity contribution is 0.0691. The molecule has 0 aliphatic heterocycles. The van der Waals surface area contributed by atoms with E-state index in [2.05, 4.69) is 0 Å². The number of hydrogen-bond donors (Lipinski definition) is 2. The normalized spacial score (nSPS) is 11.4. The van der Waals surface area contributed by atoms with Crippen molar-refractivity contribution in [2.24, 2.45) is 0 Å². The van der Waals surface area contributed by atoms with Gasteiger partial charge in [0.25, 0.3) is 10.0 Å². The second-order valence-corrected chi connectivity index (χ2v) is 5.93. The lowest BCUT2D eigenvalue weighted by Crippen LogP contribution is -2.17. The fourth-order valence-electron chi connectivity index (χ4n) is 1.97. The topological polar surface area (TPSA) is 96.6 Å². The molecule has 0 saturated carbocycles. The summed E-state index contributed by atoms with van der Waals surface area (Å²) in [6.07, 6.45) is 0. The summed E-state index contributed by atoms with van der Waals surface area (Å²) in [7, 11) is -4.29. The lowest BCUT2D eigenvalue weighted by Gasteiger charge is -2.08. The molecule has 1 aromatic heterocycles. The van der Waals surface area contributed by atoms with Crippen LogP contribution in [0.15, 0.2) is 33.6 Å². The minimum absolute atomic E-state index is 0.0334. The third kappa shape index (κ3) is 2.75. The number of aromatic carboxylic acids is 1. The number of sulfonamides is 1. The molecular weight excluding hydrogens is 301 g/mol. The maximum Gasteiger partial charge on any atom is 0.340 e. The highest BCUT2D eigenvalue weighted by atomic mass is 32.2. The average Bonchev–Trinajstić information content (AvgIpc) is 2.67. The number of carboxylic acid groups (broad SMARTS) is 1. The second-order valence-electron chi connectivity index (χ2n) is 4.31. The van der Waals surface area contributed by atoms with Crippen molar-refractivity contribution in [3.05, 3.63) is 47.2 Å². The van der Waals surface area contributed by atoms with Crippen molar-refractivity contribution >= 4 is 21.7 Å². The first-order chi connectivity index (χ1) is 9.74. The van der Waals surface area contributed by atoms with Gasteiger partial charge in [-0.05, 0) is 26.0 Å². The number of anilines is 1. The largest absolute Gasteiger partial charge is 0.478 e. The molecule has 0 aliphatic rings. The number of benzene rings is 1. The summed E-state index contributed by atoms with van der Waals surface area (Å²) < 4.78 is 45.3. The molecule has 0 radical (unpaired) electrons. The van der Waals surface area contributed by atoms with Gasteiger partial charge in [-0.15, -0.1) is 0 Å². The summed E-state index contributed by atoms with van der Waals surface area (Å²) in [4.78, 5) is 10.7. The quantitative estimate of drug-likeness (QED) is 0.904. The molecule has 2 aromatic rings.